The molecule has 2 nitrogen and oxygen atoms in total. The first-order valence-electron chi connectivity index (χ1n) is 20.9. The molecule has 0 saturated heterocycles. The van der Waals surface area contributed by atoms with Gasteiger partial charge in [0, 0.05) is 58.6 Å². The summed E-state index contributed by atoms with van der Waals surface area (Å²) in [6, 6.07) is 79.8. The fraction of sp³-hybridized carbons (Fsp3) is 0.0357. The van der Waals surface area contributed by atoms with E-state index in [-0.39, 0.29) is 6.71 Å². The van der Waals surface area contributed by atoms with Crippen LogP contribution in [0.4, 0.5) is 17.1 Å². The van der Waals surface area contributed by atoms with Crippen LogP contribution in [-0.4, -0.2) is 11.3 Å². The van der Waals surface area contributed by atoms with Crippen LogP contribution in [0.5, 0.6) is 0 Å². The van der Waals surface area contributed by atoms with Gasteiger partial charge in [-0.1, -0.05) is 132 Å². The molecule has 2 aliphatic heterocycles. The molecule has 10 aromatic rings. The van der Waals surface area contributed by atoms with Crippen LogP contribution >= 0.6 is 10.0 Å². The number of para-hydroxylation sites is 2. The summed E-state index contributed by atoms with van der Waals surface area (Å²) in [5.41, 5.74) is 16.5. The Hall–Kier alpha value is -7.01. The summed E-state index contributed by atoms with van der Waals surface area (Å²) in [5.74, 6) is 0. The van der Waals surface area contributed by atoms with Gasteiger partial charge in [-0.05, 0) is 132 Å². The van der Waals surface area contributed by atoms with E-state index >= 15 is 0 Å². The van der Waals surface area contributed by atoms with Crippen molar-refractivity contribution in [1.29, 1.82) is 0 Å². The SMILES string of the molecule is Cc1ccc2c(c1)B1c3c(cc(-c4cccc(S(c5ccccc5)(c5ccccc5)c5ccccc5)c4)cc3-n3c4ccccc4c4cc(C)cc1c43)N2c1ccccc1. The molecule has 0 radical (unpaired) electrons. The largest absolute Gasteiger partial charge is 0.311 e. The Morgan fingerprint density at radius 2 is 0.983 bits per heavy atom. The molecule has 0 bridgehead atoms. The van der Waals surface area contributed by atoms with E-state index in [1.807, 2.05) is 0 Å². The van der Waals surface area contributed by atoms with Crippen LogP contribution in [-0.2, 0) is 0 Å². The second kappa shape index (κ2) is 13.5. The highest BCUT2D eigenvalue weighted by Gasteiger charge is 2.43. The minimum atomic E-state index is -1.88. The molecular formula is C56H41BN2S. The lowest BCUT2D eigenvalue weighted by Gasteiger charge is -2.42. The standard InChI is InChI=1S/C56H41BN2S/c1-38-30-31-52-49(33-38)57-50-34-39(2)32-48-47-28-15-16-29-51(47)59(56(48)50)54-37-41(36-53(55(54)57)58(52)42-19-7-3-8-20-42)40-18-17-27-46(35-40)60(43-21-9-4-10-22-43,44-23-11-5-12-24-44)45-25-13-6-14-26-45/h3-37H,1-2H3. The third-order valence-corrected chi connectivity index (χ3v) is 16.6. The van der Waals surface area contributed by atoms with E-state index in [0.29, 0.717) is 0 Å². The van der Waals surface area contributed by atoms with E-state index in [2.05, 4.69) is 236 Å². The minimum absolute atomic E-state index is 0.0794. The van der Waals surface area contributed by atoms with Gasteiger partial charge in [0.15, 0.2) is 0 Å². The number of rotatable bonds is 6. The lowest BCUT2D eigenvalue weighted by Crippen LogP contribution is -2.60. The zero-order valence-electron chi connectivity index (χ0n) is 33.6. The van der Waals surface area contributed by atoms with Crippen LogP contribution in [0.15, 0.2) is 232 Å². The topological polar surface area (TPSA) is 8.17 Å². The molecule has 0 saturated carbocycles. The average Bonchev–Trinajstić information content (AvgIpc) is 3.63. The summed E-state index contributed by atoms with van der Waals surface area (Å²) in [4.78, 5) is 7.78. The highest BCUT2D eigenvalue weighted by Crippen LogP contribution is 2.73. The predicted octanol–water partition coefficient (Wildman–Crippen LogP) is 13.0. The van der Waals surface area contributed by atoms with Crippen molar-refractivity contribution in [2.24, 2.45) is 0 Å². The number of benzene rings is 9. The number of nitrogens with zero attached hydrogens (tertiary/aromatic N) is 2. The van der Waals surface area contributed by atoms with Gasteiger partial charge in [0.25, 0.3) is 6.71 Å². The molecule has 0 aliphatic carbocycles. The summed E-state index contributed by atoms with van der Waals surface area (Å²) in [5, 5.41) is 2.62. The van der Waals surface area contributed by atoms with E-state index in [0.717, 1.165) is 5.69 Å². The smallest absolute Gasteiger partial charge is 0.252 e. The third-order valence-electron chi connectivity index (χ3n) is 12.7. The van der Waals surface area contributed by atoms with Crippen molar-refractivity contribution in [3.8, 4) is 16.8 Å². The lowest BCUT2D eigenvalue weighted by molar-refractivity contribution is 1.17. The molecule has 60 heavy (non-hydrogen) atoms. The Kier molecular flexibility index (Phi) is 7.88. The number of hydrogen-bond donors (Lipinski definition) is 0. The molecule has 9 aromatic carbocycles. The number of aryl methyl sites for hydroxylation is 2. The third kappa shape index (κ3) is 5.04. The zero-order valence-corrected chi connectivity index (χ0v) is 34.4. The highest BCUT2D eigenvalue weighted by atomic mass is 32.3. The van der Waals surface area contributed by atoms with Gasteiger partial charge in [-0.25, -0.2) is 0 Å². The number of fused-ring (bicyclic) bond motifs is 7. The Morgan fingerprint density at radius 3 is 1.67 bits per heavy atom. The van der Waals surface area contributed by atoms with Gasteiger partial charge in [-0.3, -0.25) is 0 Å². The Labute approximate surface area is 353 Å². The van der Waals surface area contributed by atoms with Crippen molar-refractivity contribution < 1.29 is 0 Å². The Morgan fingerprint density at radius 1 is 0.400 bits per heavy atom. The van der Waals surface area contributed by atoms with Gasteiger partial charge in [-0.2, -0.15) is 0 Å². The van der Waals surface area contributed by atoms with E-state index in [4.69, 9.17) is 0 Å². The van der Waals surface area contributed by atoms with E-state index < -0.39 is 10.0 Å². The van der Waals surface area contributed by atoms with E-state index in [1.165, 1.54) is 97.1 Å². The molecular weight excluding hydrogens is 744 g/mol. The first-order valence-corrected chi connectivity index (χ1v) is 22.5. The van der Waals surface area contributed by atoms with Crippen LogP contribution in [0, 0.1) is 13.8 Å². The molecule has 0 N–H and O–H groups in total. The second-order valence-corrected chi connectivity index (χ2v) is 19.4. The maximum absolute atomic E-state index is 2.58. The molecule has 0 amide bonds. The van der Waals surface area contributed by atoms with Crippen LogP contribution in [0.3, 0.4) is 0 Å². The van der Waals surface area contributed by atoms with Crippen molar-refractivity contribution >= 4 is 72.0 Å². The number of aromatic nitrogens is 1. The van der Waals surface area contributed by atoms with Crippen molar-refractivity contribution in [3.63, 3.8) is 0 Å². The van der Waals surface area contributed by atoms with Crippen molar-refractivity contribution in [1.82, 2.24) is 4.57 Å². The summed E-state index contributed by atoms with van der Waals surface area (Å²) < 4.78 is 2.58. The van der Waals surface area contributed by atoms with Gasteiger partial charge < -0.3 is 9.47 Å². The van der Waals surface area contributed by atoms with Gasteiger partial charge in [-0.15, -0.1) is 10.0 Å². The Balaban J connectivity index is 1.19. The molecule has 0 unspecified atom stereocenters. The van der Waals surface area contributed by atoms with Crippen LogP contribution in [0.2, 0.25) is 0 Å². The molecule has 3 heterocycles. The average molecular weight is 785 g/mol. The molecule has 1 aromatic heterocycles. The van der Waals surface area contributed by atoms with Crippen molar-refractivity contribution in [3.05, 3.63) is 223 Å². The van der Waals surface area contributed by atoms with Crippen molar-refractivity contribution in [2.45, 2.75) is 33.4 Å². The van der Waals surface area contributed by atoms with Crippen LogP contribution < -0.4 is 21.3 Å². The van der Waals surface area contributed by atoms with Crippen LogP contribution in [0.1, 0.15) is 11.1 Å². The molecule has 0 atom stereocenters. The highest BCUT2D eigenvalue weighted by molar-refractivity contribution is 8.34. The first-order chi connectivity index (χ1) is 29.6. The van der Waals surface area contributed by atoms with E-state index in [9.17, 15) is 0 Å². The molecule has 0 fully saturated rings. The number of anilines is 3. The monoisotopic (exact) mass is 784 g/mol. The van der Waals surface area contributed by atoms with Gasteiger partial charge in [0.05, 0.1) is 5.52 Å². The maximum Gasteiger partial charge on any atom is 0.252 e. The normalized spacial score (nSPS) is 13.0. The fourth-order valence-corrected chi connectivity index (χ4v) is 14.2. The van der Waals surface area contributed by atoms with Gasteiger partial charge >= 0.3 is 0 Å². The second-order valence-electron chi connectivity index (χ2n) is 16.3. The Bertz CT molecular complexity index is 3190. The summed E-state index contributed by atoms with van der Waals surface area (Å²) in [6.45, 7) is 4.57. The maximum atomic E-state index is 2.58. The molecule has 4 heteroatoms. The van der Waals surface area contributed by atoms with E-state index in [1.54, 1.807) is 0 Å². The van der Waals surface area contributed by atoms with Crippen LogP contribution in [0.25, 0.3) is 38.6 Å². The lowest BCUT2D eigenvalue weighted by atomic mass is 9.33. The van der Waals surface area contributed by atoms with Crippen molar-refractivity contribution in [2.75, 3.05) is 4.90 Å². The predicted molar refractivity (Wildman–Crippen MR) is 255 cm³/mol. The molecule has 12 rings (SSSR count). The molecule has 2 aliphatic rings. The number of hydrogen-bond acceptors (Lipinski definition) is 1. The summed E-state index contributed by atoms with van der Waals surface area (Å²) in [6.07, 6.45) is 0. The quantitative estimate of drug-likeness (QED) is 0.153. The van der Waals surface area contributed by atoms with Gasteiger partial charge in [0.2, 0.25) is 0 Å². The first kappa shape index (κ1) is 35.0. The summed E-state index contributed by atoms with van der Waals surface area (Å²) in [7, 11) is -1.88. The fourth-order valence-electron chi connectivity index (χ4n) is 10.3. The zero-order chi connectivity index (χ0) is 40.0. The summed E-state index contributed by atoms with van der Waals surface area (Å²) >= 11 is 0. The van der Waals surface area contributed by atoms with Gasteiger partial charge in [0.1, 0.15) is 0 Å². The molecule has 0 spiro atoms. The molecule has 284 valence electrons. The minimum Gasteiger partial charge on any atom is -0.311 e.